The Balaban J connectivity index is 1.95. The third-order valence-electron chi connectivity index (χ3n) is 6.12. The highest BCUT2D eigenvalue weighted by atomic mass is 35.5. The van der Waals surface area contributed by atoms with Crippen molar-refractivity contribution in [3.63, 3.8) is 0 Å². The molecule has 1 saturated carbocycles. The SMILES string of the molecule is CCNC(=O)C=CC[C@]12CC[C@@](O)(C#CCl)C[C@@H]1CCc1cc(O)ccc12. The minimum absolute atomic E-state index is 0.0903. The van der Waals surface area contributed by atoms with Crippen LogP contribution in [0.15, 0.2) is 30.4 Å². The normalized spacial score (nSPS) is 29.4. The Morgan fingerprint density at radius 3 is 3.00 bits per heavy atom. The average molecular weight is 388 g/mol. The Kier molecular flexibility index (Phi) is 5.83. The lowest BCUT2D eigenvalue weighted by Crippen LogP contribution is -2.49. The zero-order valence-electron chi connectivity index (χ0n) is 15.6. The molecule has 1 fully saturated rings. The van der Waals surface area contributed by atoms with Gasteiger partial charge in [-0.25, -0.2) is 0 Å². The maximum absolute atomic E-state index is 11.8. The summed E-state index contributed by atoms with van der Waals surface area (Å²) < 4.78 is 0. The number of aliphatic hydroxyl groups is 1. The van der Waals surface area contributed by atoms with Crippen LogP contribution in [-0.2, 0) is 16.6 Å². The molecule has 3 rings (SSSR count). The molecule has 144 valence electrons. The molecule has 0 spiro atoms. The predicted octanol–water partition coefficient (Wildman–Crippen LogP) is 3.39. The molecule has 0 heterocycles. The van der Waals surface area contributed by atoms with E-state index in [-0.39, 0.29) is 23.0 Å². The number of phenols is 1. The second kappa shape index (κ2) is 7.96. The number of rotatable bonds is 4. The van der Waals surface area contributed by atoms with E-state index in [9.17, 15) is 15.0 Å². The van der Waals surface area contributed by atoms with Gasteiger partial charge in [-0.1, -0.05) is 18.1 Å². The van der Waals surface area contributed by atoms with Crippen molar-refractivity contribution in [2.75, 3.05) is 6.54 Å². The molecule has 2 aliphatic rings. The van der Waals surface area contributed by atoms with E-state index in [1.165, 1.54) is 5.56 Å². The van der Waals surface area contributed by atoms with E-state index in [2.05, 4.69) is 16.6 Å². The molecule has 0 aliphatic heterocycles. The summed E-state index contributed by atoms with van der Waals surface area (Å²) in [6, 6.07) is 5.59. The van der Waals surface area contributed by atoms with Crippen molar-refractivity contribution in [1.82, 2.24) is 5.32 Å². The maximum atomic E-state index is 11.8. The van der Waals surface area contributed by atoms with Crippen LogP contribution in [0.5, 0.6) is 5.75 Å². The second-order valence-corrected chi connectivity index (χ2v) is 7.88. The van der Waals surface area contributed by atoms with Crippen LogP contribution in [0, 0.1) is 17.2 Å². The molecule has 3 atom stereocenters. The third kappa shape index (κ3) is 4.00. The van der Waals surface area contributed by atoms with Gasteiger partial charge in [-0.2, -0.15) is 0 Å². The summed E-state index contributed by atoms with van der Waals surface area (Å²) in [4.78, 5) is 11.8. The number of nitrogens with one attached hydrogen (secondary N) is 1. The number of benzene rings is 1. The van der Waals surface area contributed by atoms with Gasteiger partial charge >= 0.3 is 0 Å². The average Bonchev–Trinajstić information content (AvgIpc) is 2.62. The number of hydrogen-bond acceptors (Lipinski definition) is 3. The van der Waals surface area contributed by atoms with Gasteiger partial charge < -0.3 is 15.5 Å². The fraction of sp³-hybridized carbons (Fsp3) is 0.500. The predicted molar refractivity (Wildman–Crippen MR) is 106 cm³/mol. The number of aryl methyl sites for hydroxylation is 1. The van der Waals surface area contributed by atoms with Crippen molar-refractivity contribution in [3.8, 4) is 17.0 Å². The molecule has 0 saturated heterocycles. The van der Waals surface area contributed by atoms with Crippen molar-refractivity contribution >= 4 is 17.5 Å². The van der Waals surface area contributed by atoms with E-state index in [0.717, 1.165) is 31.2 Å². The van der Waals surface area contributed by atoms with Gasteiger partial charge in [-0.3, -0.25) is 4.79 Å². The summed E-state index contributed by atoms with van der Waals surface area (Å²) in [6.45, 7) is 2.49. The first-order chi connectivity index (χ1) is 12.9. The summed E-state index contributed by atoms with van der Waals surface area (Å²) in [5, 5.41) is 25.8. The zero-order chi connectivity index (χ0) is 19.5. The molecule has 27 heavy (non-hydrogen) atoms. The lowest BCUT2D eigenvalue weighted by Gasteiger charge is -2.52. The van der Waals surface area contributed by atoms with E-state index in [1.807, 2.05) is 25.1 Å². The second-order valence-electron chi connectivity index (χ2n) is 7.69. The zero-order valence-corrected chi connectivity index (χ0v) is 16.4. The monoisotopic (exact) mass is 387 g/mol. The van der Waals surface area contributed by atoms with Gasteiger partial charge in [0.25, 0.3) is 0 Å². The Bertz CT molecular complexity index is 810. The number of fused-ring (bicyclic) bond motifs is 3. The highest BCUT2D eigenvalue weighted by Gasteiger charge is 2.50. The van der Waals surface area contributed by atoms with Crippen molar-refractivity contribution in [3.05, 3.63) is 41.5 Å². The fourth-order valence-corrected chi connectivity index (χ4v) is 5.04. The van der Waals surface area contributed by atoms with Gasteiger partial charge in [0.2, 0.25) is 5.91 Å². The Hall–Kier alpha value is -1.96. The van der Waals surface area contributed by atoms with Gasteiger partial charge in [-0.15, -0.1) is 0 Å². The maximum Gasteiger partial charge on any atom is 0.243 e. The lowest BCUT2D eigenvalue weighted by atomic mass is 9.53. The number of phenolic OH excluding ortho intramolecular Hbond substituents is 1. The van der Waals surface area contributed by atoms with Crippen molar-refractivity contribution < 1.29 is 15.0 Å². The number of carbonyl (C=O) groups is 1. The van der Waals surface area contributed by atoms with Crippen LogP contribution < -0.4 is 5.32 Å². The first kappa shape index (κ1) is 19.8. The molecule has 0 unspecified atom stereocenters. The quantitative estimate of drug-likeness (QED) is 0.548. The van der Waals surface area contributed by atoms with Crippen molar-refractivity contribution in [2.45, 2.75) is 56.5 Å². The highest BCUT2D eigenvalue weighted by Crippen LogP contribution is 2.54. The number of allylic oxidation sites excluding steroid dienone is 1. The fourth-order valence-electron chi connectivity index (χ4n) is 4.86. The van der Waals surface area contributed by atoms with Crippen LogP contribution in [0.2, 0.25) is 0 Å². The molecule has 0 aromatic heterocycles. The van der Waals surface area contributed by atoms with Gasteiger partial charge in [0.15, 0.2) is 0 Å². The minimum atomic E-state index is -1.05. The summed E-state index contributed by atoms with van der Waals surface area (Å²) >= 11 is 5.58. The van der Waals surface area contributed by atoms with E-state index < -0.39 is 5.60 Å². The number of halogens is 1. The molecule has 1 aromatic rings. The molecule has 5 heteroatoms. The molecule has 4 nitrogen and oxygen atoms in total. The molecule has 0 radical (unpaired) electrons. The Morgan fingerprint density at radius 1 is 1.44 bits per heavy atom. The number of aromatic hydroxyl groups is 1. The summed E-state index contributed by atoms with van der Waals surface area (Å²) in [7, 11) is 0. The molecular formula is C22H26ClNO3. The topological polar surface area (TPSA) is 69.6 Å². The molecular weight excluding hydrogens is 362 g/mol. The standard InChI is InChI=1S/C22H26ClNO3/c1-2-24-20(26)4-3-9-22-11-10-21(27,12-13-23)15-17(22)6-5-16-14-18(25)7-8-19(16)22/h3-4,7-8,14,17,25,27H,2,5-6,9-11,15H2,1H3,(H,24,26)/t17-,21+,22-/m0/s1. The van der Waals surface area contributed by atoms with Gasteiger partial charge in [0.1, 0.15) is 11.4 Å². The molecule has 1 aromatic carbocycles. The van der Waals surface area contributed by atoms with Crippen LogP contribution in [0.3, 0.4) is 0 Å². The van der Waals surface area contributed by atoms with Crippen molar-refractivity contribution in [1.29, 1.82) is 0 Å². The Morgan fingerprint density at radius 2 is 2.26 bits per heavy atom. The van der Waals surface area contributed by atoms with E-state index in [0.29, 0.717) is 19.4 Å². The van der Waals surface area contributed by atoms with E-state index in [4.69, 9.17) is 11.6 Å². The Labute approximate surface area is 165 Å². The van der Waals surface area contributed by atoms with Crippen LogP contribution in [-0.4, -0.2) is 28.3 Å². The van der Waals surface area contributed by atoms with Gasteiger partial charge in [0.05, 0.1) is 0 Å². The smallest absolute Gasteiger partial charge is 0.243 e. The van der Waals surface area contributed by atoms with Gasteiger partial charge in [0, 0.05) is 17.3 Å². The number of amides is 1. The van der Waals surface area contributed by atoms with Crippen molar-refractivity contribution in [2.24, 2.45) is 5.92 Å². The molecule has 1 amide bonds. The van der Waals surface area contributed by atoms with E-state index >= 15 is 0 Å². The van der Waals surface area contributed by atoms with Crippen LogP contribution in [0.4, 0.5) is 0 Å². The number of carbonyl (C=O) groups excluding carboxylic acids is 1. The molecule has 0 bridgehead atoms. The number of hydrogen-bond donors (Lipinski definition) is 3. The highest BCUT2D eigenvalue weighted by molar-refractivity contribution is 6.30. The first-order valence-corrected chi connectivity index (χ1v) is 9.92. The number of likely N-dealkylation sites (N-methyl/N-ethyl adjacent to an activating group) is 1. The lowest BCUT2D eigenvalue weighted by molar-refractivity contribution is -0.116. The van der Waals surface area contributed by atoms with Crippen LogP contribution in [0.25, 0.3) is 0 Å². The third-order valence-corrected chi connectivity index (χ3v) is 6.21. The summed E-state index contributed by atoms with van der Waals surface area (Å²) in [5.74, 6) is 3.21. The summed E-state index contributed by atoms with van der Waals surface area (Å²) in [6.07, 6.45) is 7.91. The first-order valence-electron chi connectivity index (χ1n) is 9.54. The summed E-state index contributed by atoms with van der Waals surface area (Å²) in [5.41, 5.74) is 1.17. The minimum Gasteiger partial charge on any atom is -0.508 e. The van der Waals surface area contributed by atoms with Crippen LogP contribution in [0.1, 0.15) is 50.2 Å². The van der Waals surface area contributed by atoms with Crippen LogP contribution >= 0.6 is 11.6 Å². The molecule has 3 N–H and O–H groups in total. The van der Waals surface area contributed by atoms with E-state index in [1.54, 1.807) is 12.1 Å². The largest absolute Gasteiger partial charge is 0.508 e. The van der Waals surface area contributed by atoms with Gasteiger partial charge in [-0.05, 0) is 92.3 Å². The molecule has 2 aliphatic carbocycles.